The van der Waals surface area contributed by atoms with Gasteiger partial charge in [0.15, 0.2) is 0 Å². The van der Waals surface area contributed by atoms with Gasteiger partial charge in [-0.25, -0.2) is 18.2 Å². The highest BCUT2D eigenvalue weighted by Crippen LogP contribution is 2.36. The number of nitrogen functional groups attached to an aromatic ring is 1. The predicted molar refractivity (Wildman–Crippen MR) is 144 cm³/mol. The number of benzene rings is 3. The summed E-state index contributed by atoms with van der Waals surface area (Å²) in [5, 5.41) is 0. The minimum atomic E-state index is -0.681. The average molecular weight is 513 g/mol. The molecule has 3 nitrogen and oxygen atoms in total. The summed E-state index contributed by atoms with van der Waals surface area (Å²) in [4.78, 5) is 18.1. The second kappa shape index (κ2) is 10.7. The van der Waals surface area contributed by atoms with Crippen LogP contribution < -0.4 is 5.73 Å². The molecule has 1 aliphatic carbocycles. The number of hydrogen-bond acceptors (Lipinski definition) is 3. The molecule has 0 amide bonds. The molecule has 2 N–H and O–H groups in total. The van der Waals surface area contributed by atoms with Crippen LogP contribution in [0.1, 0.15) is 46.7 Å². The van der Waals surface area contributed by atoms with Crippen LogP contribution in [0.5, 0.6) is 0 Å². The molecule has 0 aliphatic heterocycles. The van der Waals surface area contributed by atoms with Crippen molar-refractivity contribution in [1.29, 1.82) is 0 Å². The Morgan fingerprint density at radius 3 is 2.47 bits per heavy atom. The first-order valence-corrected chi connectivity index (χ1v) is 12.5. The second-order valence-electron chi connectivity index (χ2n) is 9.87. The average Bonchev–Trinajstić information content (AvgIpc) is 3.24. The summed E-state index contributed by atoms with van der Waals surface area (Å²) in [6.07, 6.45) is 3.01. The zero-order valence-corrected chi connectivity index (χ0v) is 21.0. The number of anilines is 1. The molecule has 6 heteroatoms. The van der Waals surface area contributed by atoms with Crippen molar-refractivity contribution in [1.82, 2.24) is 4.98 Å². The summed E-state index contributed by atoms with van der Waals surface area (Å²) < 4.78 is 42.0. The zero-order chi connectivity index (χ0) is 26.8. The highest BCUT2D eigenvalue weighted by molar-refractivity contribution is 5.92. The molecule has 4 aromatic rings. The molecular weight excluding hydrogens is 485 g/mol. The van der Waals surface area contributed by atoms with Gasteiger partial charge >= 0.3 is 0 Å². The van der Waals surface area contributed by atoms with Crippen LogP contribution in [0.4, 0.5) is 19.0 Å². The SMILES string of the molecule is Cc1cccc(-c2ccc(N)nc2C(CC(=O)CC2=CCc3ccc(F)cc32)Cc2cc(F)cc(F)c2)c1. The summed E-state index contributed by atoms with van der Waals surface area (Å²) >= 11 is 0. The summed E-state index contributed by atoms with van der Waals surface area (Å²) in [5.74, 6) is -1.98. The van der Waals surface area contributed by atoms with E-state index in [2.05, 4.69) is 4.98 Å². The Hall–Kier alpha value is -4.19. The van der Waals surface area contributed by atoms with Crippen LogP contribution >= 0.6 is 0 Å². The molecular formula is C32H27F3N2O. The summed E-state index contributed by atoms with van der Waals surface area (Å²) in [5.41, 5.74) is 12.4. The molecule has 0 spiro atoms. The quantitative estimate of drug-likeness (QED) is 0.268. The number of aryl methyl sites for hydroxylation is 1. The van der Waals surface area contributed by atoms with Crippen molar-refractivity contribution in [3.8, 4) is 11.1 Å². The van der Waals surface area contributed by atoms with Crippen molar-refractivity contribution < 1.29 is 18.0 Å². The molecule has 1 aromatic heterocycles. The number of allylic oxidation sites excluding steroid dienone is 2. The maximum Gasteiger partial charge on any atom is 0.137 e. The van der Waals surface area contributed by atoms with Crippen LogP contribution in [0.3, 0.4) is 0 Å². The van der Waals surface area contributed by atoms with Gasteiger partial charge in [-0.05, 0) is 84.0 Å². The summed E-state index contributed by atoms with van der Waals surface area (Å²) in [7, 11) is 0. The van der Waals surface area contributed by atoms with Crippen molar-refractivity contribution in [3.63, 3.8) is 0 Å². The van der Waals surface area contributed by atoms with Crippen LogP contribution in [0.2, 0.25) is 0 Å². The molecule has 0 saturated heterocycles. The fraction of sp³-hybridized carbons (Fsp3) is 0.188. The van der Waals surface area contributed by atoms with E-state index in [0.717, 1.165) is 39.5 Å². The number of aromatic nitrogens is 1. The molecule has 1 atom stereocenters. The lowest BCUT2D eigenvalue weighted by Gasteiger charge is -2.21. The maximum atomic E-state index is 14.1. The monoisotopic (exact) mass is 512 g/mol. The van der Waals surface area contributed by atoms with Gasteiger partial charge in [0.2, 0.25) is 0 Å². The van der Waals surface area contributed by atoms with Crippen molar-refractivity contribution >= 4 is 17.2 Å². The Balaban J connectivity index is 1.50. The minimum Gasteiger partial charge on any atom is -0.384 e. The normalized spacial score (nSPS) is 13.2. The number of carbonyl (C=O) groups excluding carboxylic acids is 1. The highest BCUT2D eigenvalue weighted by Gasteiger charge is 2.25. The van der Waals surface area contributed by atoms with Crippen LogP contribution in [-0.2, 0) is 17.6 Å². The van der Waals surface area contributed by atoms with Gasteiger partial charge in [-0.15, -0.1) is 0 Å². The third kappa shape index (κ3) is 5.70. The molecule has 38 heavy (non-hydrogen) atoms. The molecule has 3 aromatic carbocycles. The van der Waals surface area contributed by atoms with E-state index in [1.54, 1.807) is 12.1 Å². The van der Waals surface area contributed by atoms with Gasteiger partial charge in [0.1, 0.15) is 29.1 Å². The lowest BCUT2D eigenvalue weighted by atomic mass is 9.85. The zero-order valence-electron chi connectivity index (χ0n) is 21.0. The minimum absolute atomic E-state index is 0.0744. The Bertz CT molecular complexity index is 1540. The number of carbonyl (C=O) groups is 1. The number of nitrogens with zero attached hydrogens (tertiary/aromatic N) is 1. The van der Waals surface area contributed by atoms with Gasteiger partial charge in [-0.2, -0.15) is 0 Å². The number of Topliss-reactive ketones (excluding diaryl/α,β-unsaturated/α-hetero) is 1. The summed E-state index contributed by atoms with van der Waals surface area (Å²) in [6, 6.07) is 19.5. The topological polar surface area (TPSA) is 56.0 Å². The number of nitrogens with two attached hydrogens (primary N) is 1. The second-order valence-corrected chi connectivity index (χ2v) is 9.87. The molecule has 0 radical (unpaired) electrons. The van der Waals surface area contributed by atoms with Gasteiger partial charge in [0, 0.05) is 30.4 Å². The molecule has 5 rings (SSSR count). The number of pyridine rings is 1. The third-order valence-corrected chi connectivity index (χ3v) is 6.91. The Morgan fingerprint density at radius 1 is 0.921 bits per heavy atom. The smallest absolute Gasteiger partial charge is 0.137 e. The Kier molecular flexibility index (Phi) is 7.14. The van der Waals surface area contributed by atoms with Crippen LogP contribution in [-0.4, -0.2) is 10.8 Å². The van der Waals surface area contributed by atoms with Crippen LogP contribution in [0.25, 0.3) is 16.7 Å². The molecule has 0 saturated carbocycles. The standard InChI is InChI=1S/C32H27F3N2O/c1-19-3-2-4-22(11-19)29-9-10-31(36)37-32(29)24(12-20-13-26(34)17-27(35)14-20)16-28(38)15-23-6-5-21-7-8-25(33)18-30(21)23/h2-4,6-11,13-14,17-18,24H,5,12,15-16H2,1H3,(H2,36,37). The first-order chi connectivity index (χ1) is 18.2. The molecule has 1 aliphatic rings. The molecule has 192 valence electrons. The van der Waals surface area contributed by atoms with Gasteiger partial charge in [0.25, 0.3) is 0 Å². The van der Waals surface area contributed by atoms with Crippen molar-refractivity contribution in [2.24, 2.45) is 0 Å². The van der Waals surface area contributed by atoms with E-state index < -0.39 is 17.6 Å². The fourth-order valence-electron chi connectivity index (χ4n) is 5.23. The van der Waals surface area contributed by atoms with Crippen LogP contribution in [0.15, 0.2) is 78.9 Å². The van der Waals surface area contributed by atoms with Crippen molar-refractivity contribution in [2.45, 2.75) is 38.5 Å². The largest absolute Gasteiger partial charge is 0.384 e. The van der Waals surface area contributed by atoms with Gasteiger partial charge in [-0.1, -0.05) is 42.0 Å². The third-order valence-electron chi connectivity index (χ3n) is 6.91. The number of halogens is 3. The molecule has 1 heterocycles. The van der Waals surface area contributed by atoms with E-state index in [1.165, 1.54) is 24.3 Å². The lowest BCUT2D eigenvalue weighted by molar-refractivity contribution is -0.118. The van der Waals surface area contributed by atoms with Crippen LogP contribution in [0, 0.1) is 24.4 Å². The first-order valence-electron chi connectivity index (χ1n) is 12.5. The predicted octanol–water partition coefficient (Wildman–Crippen LogP) is 7.37. The number of hydrogen-bond donors (Lipinski definition) is 1. The molecule has 0 fully saturated rings. The Morgan fingerprint density at radius 2 is 1.71 bits per heavy atom. The van der Waals surface area contributed by atoms with Gasteiger partial charge in [0.05, 0.1) is 5.69 Å². The van der Waals surface area contributed by atoms with E-state index in [4.69, 9.17) is 5.73 Å². The van der Waals surface area contributed by atoms with Gasteiger partial charge in [-0.3, -0.25) is 4.79 Å². The maximum absolute atomic E-state index is 14.1. The number of rotatable bonds is 8. The van der Waals surface area contributed by atoms with E-state index in [-0.39, 0.29) is 30.9 Å². The Labute approximate surface area is 219 Å². The fourth-order valence-corrected chi connectivity index (χ4v) is 5.23. The highest BCUT2D eigenvalue weighted by atomic mass is 19.1. The first kappa shape index (κ1) is 25.5. The van der Waals surface area contributed by atoms with E-state index in [1.807, 2.05) is 43.3 Å². The van der Waals surface area contributed by atoms with E-state index >= 15 is 0 Å². The van der Waals surface area contributed by atoms with E-state index in [9.17, 15) is 18.0 Å². The molecule has 0 bridgehead atoms. The van der Waals surface area contributed by atoms with Crippen molar-refractivity contribution in [2.75, 3.05) is 5.73 Å². The number of ketones is 1. The van der Waals surface area contributed by atoms with Gasteiger partial charge < -0.3 is 5.73 Å². The molecule has 1 unspecified atom stereocenters. The summed E-state index contributed by atoms with van der Waals surface area (Å²) in [6.45, 7) is 1.99. The lowest BCUT2D eigenvalue weighted by Crippen LogP contribution is -2.14. The van der Waals surface area contributed by atoms with E-state index in [0.29, 0.717) is 23.5 Å². The van der Waals surface area contributed by atoms with Crippen molar-refractivity contribution in [3.05, 3.63) is 124 Å². The number of fused-ring (bicyclic) bond motifs is 1.